The molecule has 1 heterocycles. The molecule has 112 valence electrons. The molecule has 0 saturated carbocycles. The number of ether oxygens (including phenoxy) is 1. The third kappa shape index (κ3) is 3.59. The van der Waals surface area contributed by atoms with Crippen molar-refractivity contribution in [3.05, 3.63) is 29.3 Å². The molecule has 0 fully saturated rings. The Morgan fingerprint density at radius 3 is 2.33 bits per heavy atom. The zero-order chi connectivity index (χ0) is 15.4. The second kappa shape index (κ2) is 6.39. The van der Waals surface area contributed by atoms with Crippen molar-refractivity contribution in [2.45, 2.75) is 20.8 Å². The summed E-state index contributed by atoms with van der Waals surface area (Å²) in [5.41, 5.74) is 3.43. The first-order valence-corrected chi connectivity index (χ1v) is 6.89. The lowest BCUT2D eigenvalue weighted by molar-refractivity contribution is 0.379. The van der Waals surface area contributed by atoms with Crippen LogP contribution in [0.5, 0.6) is 6.01 Å². The Morgan fingerprint density at radius 1 is 1.10 bits per heavy atom. The average molecular weight is 287 g/mol. The fraction of sp³-hybridized carbons (Fsp3) is 0.400. The van der Waals surface area contributed by atoms with E-state index < -0.39 is 0 Å². The van der Waals surface area contributed by atoms with Gasteiger partial charge in [0.2, 0.25) is 11.9 Å². The summed E-state index contributed by atoms with van der Waals surface area (Å²) >= 11 is 0. The van der Waals surface area contributed by atoms with Crippen molar-refractivity contribution in [3.8, 4) is 6.01 Å². The molecule has 6 nitrogen and oxygen atoms in total. The lowest BCUT2D eigenvalue weighted by Crippen LogP contribution is -2.16. The maximum absolute atomic E-state index is 5.15. The molecule has 0 aliphatic carbocycles. The zero-order valence-electron chi connectivity index (χ0n) is 13.1. The van der Waals surface area contributed by atoms with Gasteiger partial charge in [-0.25, -0.2) is 0 Å². The molecule has 2 aromatic rings. The maximum atomic E-state index is 5.15. The van der Waals surface area contributed by atoms with E-state index in [-0.39, 0.29) is 0 Å². The van der Waals surface area contributed by atoms with Crippen LogP contribution in [0.3, 0.4) is 0 Å². The highest BCUT2D eigenvalue weighted by Gasteiger charge is 2.12. The molecular formula is C15H21N5O. The van der Waals surface area contributed by atoms with Gasteiger partial charge in [0.15, 0.2) is 0 Å². The third-order valence-corrected chi connectivity index (χ3v) is 3.01. The van der Waals surface area contributed by atoms with E-state index in [4.69, 9.17) is 4.74 Å². The van der Waals surface area contributed by atoms with Crippen LogP contribution < -0.4 is 15.0 Å². The first-order chi connectivity index (χ1) is 10.0. The lowest BCUT2D eigenvalue weighted by Gasteiger charge is -2.19. The molecule has 0 amide bonds. The molecule has 2 rings (SSSR count). The monoisotopic (exact) mass is 287 g/mol. The number of methoxy groups -OCH3 is 1. The summed E-state index contributed by atoms with van der Waals surface area (Å²) in [4.78, 5) is 14.8. The van der Waals surface area contributed by atoms with Crippen molar-refractivity contribution >= 4 is 17.6 Å². The van der Waals surface area contributed by atoms with E-state index in [2.05, 4.69) is 52.3 Å². The van der Waals surface area contributed by atoms with Crippen molar-refractivity contribution in [3.63, 3.8) is 0 Å². The number of benzene rings is 1. The van der Waals surface area contributed by atoms with Crippen molar-refractivity contribution in [2.75, 3.05) is 30.9 Å². The first kappa shape index (κ1) is 15.0. The molecule has 0 bridgehead atoms. The molecule has 0 saturated heterocycles. The number of rotatable bonds is 5. The smallest absolute Gasteiger partial charge is 0.322 e. The van der Waals surface area contributed by atoms with E-state index in [9.17, 15) is 0 Å². The fourth-order valence-electron chi connectivity index (χ4n) is 2.08. The highest BCUT2D eigenvalue weighted by Crippen LogP contribution is 2.24. The van der Waals surface area contributed by atoms with Gasteiger partial charge in [-0.2, -0.15) is 15.0 Å². The van der Waals surface area contributed by atoms with Gasteiger partial charge < -0.3 is 15.0 Å². The SMILES string of the molecule is CCNc1nc(OC)nc(N(C)c2cc(C)cc(C)c2)n1. The van der Waals surface area contributed by atoms with E-state index in [1.807, 2.05) is 18.9 Å². The molecular weight excluding hydrogens is 266 g/mol. The Morgan fingerprint density at radius 2 is 1.76 bits per heavy atom. The first-order valence-electron chi connectivity index (χ1n) is 6.89. The molecule has 0 radical (unpaired) electrons. The van der Waals surface area contributed by atoms with Crippen LogP contribution >= 0.6 is 0 Å². The average Bonchev–Trinajstić information content (AvgIpc) is 2.45. The number of aromatic nitrogens is 3. The van der Waals surface area contributed by atoms with Gasteiger partial charge in [-0.05, 0) is 44.0 Å². The highest BCUT2D eigenvalue weighted by molar-refractivity contribution is 5.59. The third-order valence-electron chi connectivity index (χ3n) is 3.01. The van der Waals surface area contributed by atoms with Gasteiger partial charge in [0.1, 0.15) is 0 Å². The highest BCUT2D eigenvalue weighted by atomic mass is 16.5. The van der Waals surface area contributed by atoms with Gasteiger partial charge in [-0.15, -0.1) is 0 Å². The Bertz CT molecular complexity index is 609. The van der Waals surface area contributed by atoms with E-state index in [0.717, 1.165) is 12.2 Å². The number of anilines is 3. The van der Waals surface area contributed by atoms with Gasteiger partial charge in [-0.3, -0.25) is 0 Å². The van der Waals surface area contributed by atoms with Crippen molar-refractivity contribution in [1.29, 1.82) is 0 Å². The molecule has 21 heavy (non-hydrogen) atoms. The second-order valence-electron chi connectivity index (χ2n) is 4.88. The van der Waals surface area contributed by atoms with E-state index in [0.29, 0.717) is 17.9 Å². The molecule has 6 heteroatoms. The normalized spacial score (nSPS) is 10.3. The number of nitrogens with zero attached hydrogens (tertiary/aromatic N) is 4. The Labute approximate surface area is 125 Å². The van der Waals surface area contributed by atoms with E-state index in [1.165, 1.54) is 11.1 Å². The summed E-state index contributed by atoms with van der Waals surface area (Å²) in [5, 5.41) is 3.08. The molecule has 0 aliphatic rings. The number of hydrogen-bond acceptors (Lipinski definition) is 6. The van der Waals surface area contributed by atoms with Crippen molar-refractivity contribution < 1.29 is 4.74 Å². The molecule has 0 spiro atoms. The molecule has 0 aliphatic heterocycles. The summed E-state index contributed by atoms with van der Waals surface area (Å²) in [6.07, 6.45) is 0. The van der Waals surface area contributed by atoms with Crippen molar-refractivity contribution in [2.24, 2.45) is 0 Å². The van der Waals surface area contributed by atoms with Gasteiger partial charge >= 0.3 is 6.01 Å². The summed E-state index contributed by atoms with van der Waals surface area (Å²) in [6, 6.07) is 6.62. The van der Waals surface area contributed by atoms with Crippen molar-refractivity contribution in [1.82, 2.24) is 15.0 Å². The Hall–Kier alpha value is -2.37. The van der Waals surface area contributed by atoms with Gasteiger partial charge in [0, 0.05) is 19.3 Å². The number of hydrogen-bond donors (Lipinski definition) is 1. The summed E-state index contributed by atoms with van der Waals surface area (Å²) < 4.78 is 5.15. The number of nitrogens with one attached hydrogen (secondary N) is 1. The molecule has 0 atom stereocenters. The second-order valence-corrected chi connectivity index (χ2v) is 4.88. The minimum absolute atomic E-state index is 0.298. The fourth-order valence-corrected chi connectivity index (χ4v) is 2.08. The topological polar surface area (TPSA) is 63.2 Å². The lowest BCUT2D eigenvalue weighted by atomic mass is 10.1. The predicted molar refractivity (Wildman–Crippen MR) is 84.5 cm³/mol. The van der Waals surface area contributed by atoms with Gasteiger partial charge in [0.25, 0.3) is 0 Å². The van der Waals surface area contributed by atoms with Crippen LogP contribution in [0.15, 0.2) is 18.2 Å². The Balaban J connectivity index is 2.41. The summed E-state index contributed by atoms with van der Waals surface area (Å²) in [5.74, 6) is 1.05. The van der Waals surface area contributed by atoms with Crippen LogP contribution in [0.1, 0.15) is 18.1 Å². The van der Waals surface area contributed by atoms with Crippen LogP contribution in [0.2, 0.25) is 0 Å². The Kier molecular flexibility index (Phi) is 4.57. The molecule has 1 N–H and O–H groups in total. The minimum atomic E-state index is 0.298. The molecule has 0 unspecified atom stereocenters. The van der Waals surface area contributed by atoms with E-state index in [1.54, 1.807) is 7.11 Å². The zero-order valence-corrected chi connectivity index (χ0v) is 13.1. The van der Waals surface area contributed by atoms with Crippen LogP contribution in [-0.4, -0.2) is 35.7 Å². The maximum Gasteiger partial charge on any atom is 0.322 e. The van der Waals surface area contributed by atoms with Gasteiger partial charge in [-0.1, -0.05) is 6.07 Å². The summed E-state index contributed by atoms with van der Waals surface area (Å²) in [6.45, 7) is 6.87. The summed E-state index contributed by atoms with van der Waals surface area (Å²) in [7, 11) is 3.48. The van der Waals surface area contributed by atoms with Crippen LogP contribution in [0.4, 0.5) is 17.6 Å². The van der Waals surface area contributed by atoms with Crippen LogP contribution in [-0.2, 0) is 0 Å². The predicted octanol–water partition coefficient (Wildman–Crippen LogP) is 2.70. The standard InChI is InChI=1S/C15H21N5O/c1-6-16-13-17-14(19-15(18-13)21-5)20(4)12-8-10(2)7-11(3)9-12/h7-9H,6H2,1-5H3,(H,16,17,18,19). The quantitative estimate of drug-likeness (QED) is 0.912. The molecule has 1 aromatic carbocycles. The minimum Gasteiger partial charge on any atom is -0.467 e. The van der Waals surface area contributed by atoms with Gasteiger partial charge in [0.05, 0.1) is 7.11 Å². The molecule has 1 aromatic heterocycles. The van der Waals surface area contributed by atoms with Crippen LogP contribution in [0, 0.1) is 13.8 Å². The largest absolute Gasteiger partial charge is 0.467 e. The van der Waals surface area contributed by atoms with E-state index >= 15 is 0 Å². The number of aryl methyl sites for hydroxylation is 2. The van der Waals surface area contributed by atoms with Crippen LogP contribution in [0.25, 0.3) is 0 Å².